The van der Waals surface area contributed by atoms with E-state index in [0.717, 1.165) is 0 Å². The average molecular weight is 220 g/mol. The van der Waals surface area contributed by atoms with Gasteiger partial charge in [0.25, 0.3) is 0 Å². The highest BCUT2D eigenvalue weighted by Gasteiger charge is 2.15. The van der Waals surface area contributed by atoms with Crippen molar-refractivity contribution in [1.29, 1.82) is 0 Å². The number of carbonyl (C=O) groups is 2. The van der Waals surface area contributed by atoms with Crippen LogP contribution in [0.3, 0.4) is 0 Å². The van der Waals surface area contributed by atoms with Crippen LogP contribution in [-0.4, -0.2) is 16.7 Å². The molecule has 0 aliphatic heterocycles. The molecular weight excluding hydrogens is 204 g/mol. The number of aromatic hydroxyl groups is 1. The van der Waals surface area contributed by atoms with Crippen LogP contribution in [-0.2, 0) is 4.79 Å². The molecule has 0 radical (unpaired) electrons. The van der Waals surface area contributed by atoms with Gasteiger partial charge in [0.15, 0.2) is 5.78 Å². The van der Waals surface area contributed by atoms with Gasteiger partial charge in [-0.1, -0.05) is 19.1 Å². The van der Waals surface area contributed by atoms with Crippen molar-refractivity contribution in [1.82, 2.24) is 0 Å². The van der Waals surface area contributed by atoms with Gasteiger partial charge in [0.1, 0.15) is 11.5 Å². The molecule has 3 nitrogen and oxygen atoms in total. The van der Waals surface area contributed by atoms with E-state index in [1.807, 2.05) is 0 Å². The predicted octanol–water partition coefficient (Wildman–Crippen LogP) is 2.58. The molecule has 0 heterocycles. The van der Waals surface area contributed by atoms with Crippen LogP contribution in [0, 0.1) is 5.92 Å². The second-order valence-corrected chi connectivity index (χ2v) is 4.06. The zero-order chi connectivity index (χ0) is 12.1. The number of phenols is 1. The van der Waals surface area contributed by atoms with Gasteiger partial charge < -0.3 is 9.90 Å². The Morgan fingerprint density at radius 1 is 1.38 bits per heavy atom. The molecular formula is C13H16O3. The molecule has 3 heteroatoms. The van der Waals surface area contributed by atoms with E-state index < -0.39 is 0 Å². The Hall–Kier alpha value is -1.64. The number of ketones is 2. The van der Waals surface area contributed by atoms with Crippen LogP contribution < -0.4 is 0 Å². The lowest BCUT2D eigenvalue weighted by Crippen LogP contribution is -2.12. The van der Waals surface area contributed by atoms with Crippen LogP contribution >= 0.6 is 0 Å². The Bertz CT molecular complexity index is 396. The maximum absolute atomic E-state index is 11.9. The molecule has 16 heavy (non-hydrogen) atoms. The van der Waals surface area contributed by atoms with Crippen molar-refractivity contribution in [2.24, 2.45) is 5.92 Å². The smallest absolute Gasteiger partial charge is 0.165 e. The standard InChI is InChI=1S/C13H16O3/c1-9(6-7-10(2)14)13(16)11-4-3-5-12(15)8-11/h3-5,8-9,15H,6-7H2,1-2H3. The van der Waals surface area contributed by atoms with E-state index in [2.05, 4.69) is 0 Å². The maximum atomic E-state index is 11.9. The lowest BCUT2D eigenvalue weighted by molar-refractivity contribution is -0.117. The number of Topliss-reactive ketones (excluding diaryl/α,β-unsaturated/α-hetero) is 2. The summed E-state index contributed by atoms with van der Waals surface area (Å²) < 4.78 is 0. The van der Waals surface area contributed by atoms with Crippen molar-refractivity contribution >= 4 is 11.6 Å². The van der Waals surface area contributed by atoms with Crippen LogP contribution in [0.1, 0.15) is 37.0 Å². The van der Waals surface area contributed by atoms with E-state index in [0.29, 0.717) is 18.4 Å². The Morgan fingerprint density at radius 2 is 2.06 bits per heavy atom. The normalized spacial score (nSPS) is 12.1. The summed E-state index contributed by atoms with van der Waals surface area (Å²) >= 11 is 0. The zero-order valence-electron chi connectivity index (χ0n) is 9.56. The third-order valence-corrected chi connectivity index (χ3v) is 2.51. The Labute approximate surface area is 95.1 Å². The molecule has 0 aliphatic carbocycles. The van der Waals surface area contributed by atoms with Gasteiger partial charge >= 0.3 is 0 Å². The van der Waals surface area contributed by atoms with Crippen molar-refractivity contribution in [3.63, 3.8) is 0 Å². The van der Waals surface area contributed by atoms with Crippen LogP contribution in [0.2, 0.25) is 0 Å². The van der Waals surface area contributed by atoms with E-state index in [4.69, 9.17) is 0 Å². The molecule has 1 rings (SSSR count). The molecule has 1 aromatic rings. The number of phenolic OH excluding ortho intramolecular Hbond substituents is 1. The molecule has 0 amide bonds. The molecule has 86 valence electrons. The number of rotatable bonds is 5. The first kappa shape index (κ1) is 12.4. The second-order valence-electron chi connectivity index (χ2n) is 4.06. The Kier molecular flexibility index (Phi) is 4.23. The quantitative estimate of drug-likeness (QED) is 0.776. The van der Waals surface area contributed by atoms with Crippen molar-refractivity contribution in [2.75, 3.05) is 0 Å². The summed E-state index contributed by atoms with van der Waals surface area (Å²) in [6.07, 6.45) is 0.982. The van der Waals surface area contributed by atoms with E-state index in [9.17, 15) is 14.7 Å². The monoisotopic (exact) mass is 220 g/mol. The molecule has 1 N–H and O–H groups in total. The van der Waals surface area contributed by atoms with E-state index >= 15 is 0 Å². The van der Waals surface area contributed by atoms with Crippen molar-refractivity contribution in [2.45, 2.75) is 26.7 Å². The van der Waals surface area contributed by atoms with Gasteiger partial charge in [0.2, 0.25) is 0 Å². The first-order chi connectivity index (χ1) is 7.50. The molecule has 0 saturated heterocycles. The number of hydrogen-bond acceptors (Lipinski definition) is 3. The molecule has 0 spiro atoms. The van der Waals surface area contributed by atoms with Gasteiger partial charge in [-0.25, -0.2) is 0 Å². The van der Waals surface area contributed by atoms with Crippen molar-refractivity contribution in [3.05, 3.63) is 29.8 Å². The third kappa shape index (κ3) is 3.50. The fraction of sp³-hybridized carbons (Fsp3) is 0.385. The van der Waals surface area contributed by atoms with Gasteiger partial charge in [-0.3, -0.25) is 4.79 Å². The van der Waals surface area contributed by atoms with Crippen LogP contribution in [0.5, 0.6) is 5.75 Å². The fourth-order valence-electron chi connectivity index (χ4n) is 1.49. The maximum Gasteiger partial charge on any atom is 0.165 e. The predicted molar refractivity (Wildman–Crippen MR) is 61.5 cm³/mol. The molecule has 0 fully saturated rings. The van der Waals surface area contributed by atoms with Crippen LogP contribution in [0.25, 0.3) is 0 Å². The van der Waals surface area contributed by atoms with Gasteiger partial charge in [-0.05, 0) is 25.5 Å². The minimum atomic E-state index is -0.189. The van der Waals surface area contributed by atoms with Gasteiger partial charge in [-0.2, -0.15) is 0 Å². The highest BCUT2D eigenvalue weighted by molar-refractivity contribution is 5.98. The molecule has 0 bridgehead atoms. The summed E-state index contributed by atoms with van der Waals surface area (Å²) in [6.45, 7) is 3.32. The summed E-state index contributed by atoms with van der Waals surface area (Å²) in [5.74, 6) is -0.0389. The Balaban J connectivity index is 2.67. The summed E-state index contributed by atoms with van der Waals surface area (Å²) in [7, 11) is 0. The first-order valence-electron chi connectivity index (χ1n) is 5.33. The molecule has 0 saturated carbocycles. The van der Waals surface area contributed by atoms with Crippen LogP contribution in [0.4, 0.5) is 0 Å². The highest BCUT2D eigenvalue weighted by Crippen LogP contribution is 2.17. The first-order valence-corrected chi connectivity index (χ1v) is 5.33. The van der Waals surface area contributed by atoms with Crippen LogP contribution in [0.15, 0.2) is 24.3 Å². The fourth-order valence-corrected chi connectivity index (χ4v) is 1.49. The van der Waals surface area contributed by atoms with Gasteiger partial charge in [-0.15, -0.1) is 0 Å². The lowest BCUT2D eigenvalue weighted by atomic mass is 9.94. The zero-order valence-corrected chi connectivity index (χ0v) is 9.56. The lowest BCUT2D eigenvalue weighted by Gasteiger charge is -2.09. The molecule has 1 atom stereocenters. The van der Waals surface area contributed by atoms with E-state index in [1.165, 1.54) is 19.1 Å². The van der Waals surface area contributed by atoms with Crippen molar-refractivity contribution in [3.8, 4) is 5.75 Å². The summed E-state index contributed by atoms with van der Waals surface area (Å²) in [4.78, 5) is 22.7. The molecule has 1 aromatic carbocycles. The second kappa shape index (κ2) is 5.45. The summed E-state index contributed by atoms with van der Waals surface area (Å²) in [5.41, 5.74) is 0.496. The molecule has 0 aromatic heterocycles. The third-order valence-electron chi connectivity index (χ3n) is 2.51. The number of hydrogen-bond donors (Lipinski definition) is 1. The summed E-state index contributed by atoms with van der Waals surface area (Å²) in [6, 6.07) is 6.29. The minimum Gasteiger partial charge on any atom is -0.508 e. The highest BCUT2D eigenvalue weighted by atomic mass is 16.3. The number of benzene rings is 1. The average Bonchev–Trinajstić information content (AvgIpc) is 2.24. The number of carbonyl (C=O) groups excluding carboxylic acids is 2. The molecule has 1 unspecified atom stereocenters. The SMILES string of the molecule is CC(=O)CCC(C)C(=O)c1cccc(O)c1. The van der Waals surface area contributed by atoms with Gasteiger partial charge in [0, 0.05) is 17.9 Å². The van der Waals surface area contributed by atoms with Gasteiger partial charge in [0.05, 0.1) is 0 Å². The minimum absolute atomic E-state index is 0.0304. The van der Waals surface area contributed by atoms with E-state index in [1.54, 1.807) is 19.1 Å². The molecule has 0 aliphatic rings. The van der Waals surface area contributed by atoms with Crippen molar-refractivity contribution < 1.29 is 14.7 Å². The topological polar surface area (TPSA) is 54.4 Å². The largest absolute Gasteiger partial charge is 0.508 e. The van der Waals surface area contributed by atoms with E-state index in [-0.39, 0.29) is 23.2 Å². The summed E-state index contributed by atoms with van der Waals surface area (Å²) in [5, 5.41) is 9.26. The Morgan fingerprint density at radius 3 is 2.62 bits per heavy atom.